The van der Waals surface area contributed by atoms with Crippen molar-refractivity contribution in [3.05, 3.63) is 90.0 Å². The molecule has 3 aromatic carbocycles. The molecule has 0 radical (unpaired) electrons. The molecule has 9 nitrogen and oxygen atoms in total. The summed E-state index contributed by atoms with van der Waals surface area (Å²) < 4.78 is 29.6. The number of rotatable bonds is 10. The lowest BCUT2D eigenvalue weighted by atomic mass is 9.93. The van der Waals surface area contributed by atoms with Gasteiger partial charge >= 0.3 is 6.03 Å². The highest BCUT2D eigenvalue weighted by Crippen LogP contribution is 2.27. The summed E-state index contributed by atoms with van der Waals surface area (Å²) in [7, 11) is 0. The van der Waals surface area contributed by atoms with E-state index >= 15 is 0 Å². The van der Waals surface area contributed by atoms with Gasteiger partial charge < -0.3 is 19.7 Å². The minimum absolute atomic E-state index is 0.0400. The van der Waals surface area contributed by atoms with Gasteiger partial charge in [-0.25, -0.2) is 9.52 Å². The zero-order valence-electron chi connectivity index (χ0n) is 23.7. The lowest BCUT2D eigenvalue weighted by Crippen LogP contribution is -2.53. The smallest absolute Gasteiger partial charge is 0.322 e. The second kappa shape index (κ2) is 14.8. The van der Waals surface area contributed by atoms with Gasteiger partial charge in [-0.2, -0.15) is 0 Å². The van der Waals surface area contributed by atoms with Crippen molar-refractivity contribution >= 4 is 23.0 Å². The third-order valence-corrected chi connectivity index (χ3v) is 8.46. The van der Waals surface area contributed by atoms with Gasteiger partial charge in [0.2, 0.25) is 0 Å². The Labute approximate surface area is 250 Å². The number of piperidine rings is 1. The number of hydrogen-bond acceptors (Lipinski definition) is 6. The Morgan fingerprint density at radius 1 is 0.881 bits per heavy atom. The quantitative estimate of drug-likeness (QED) is 0.290. The number of para-hydroxylation sites is 1. The van der Waals surface area contributed by atoms with Crippen LogP contribution in [0, 0.1) is 0 Å². The highest BCUT2D eigenvalue weighted by atomic mass is 32.2. The topological polar surface area (TPSA) is 117 Å². The van der Waals surface area contributed by atoms with Crippen molar-refractivity contribution in [3.8, 4) is 11.5 Å². The molecule has 1 atom stereocenters. The summed E-state index contributed by atoms with van der Waals surface area (Å²) in [6, 6.07) is 25.5. The predicted molar refractivity (Wildman–Crippen MR) is 163 cm³/mol. The van der Waals surface area contributed by atoms with Crippen molar-refractivity contribution in [2.24, 2.45) is 0 Å². The normalized spacial score (nSPS) is 20.5. The number of amides is 2. The van der Waals surface area contributed by atoms with Gasteiger partial charge in [0.15, 0.2) is 0 Å². The fraction of sp³-hybridized carbons (Fsp3) is 0.406. The maximum atomic E-state index is 13.5. The Morgan fingerprint density at radius 3 is 2.07 bits per heavy atom. The van der Waals surface area contributed by atoms with Gasteiger partial charge in [0.05, 0.1) is 6.10 Å². The molecule has 1 aliphatic carbocycles. The first-order valence-electron chi connectivity index (χ1n) is 14.7. The lowest BCUT2D eigenvalue weighted by Gasteiger charge is -2.39. The van der Waals surface area contributed by atoms with Crippen LogP contribution in [-0.4, -0.2) is 56.1 Å². The fourth-order valence-corrected chi connectivity index (χ4v) is 6.04. The molecule has 0 aromatic heterocycles. The summed E-state index contributed by atoms with van der Waals surface area (Å²) in [5.41, 5.74) is 2.97. The van der Waals surface area contributed by atoms with Crippen LogP contribution in [0.25, 0.3) is 0 Å². The van der Waals surface area contributed by atoms with E-state index in [-0.39, 0.29) is 30.8 Å². The number of likely N-dealkylation sites (tertiary alicyclic amines) is 1. The molecular weight excluding hydrogens is 552 g/mol. The van der Waals surface area contributed by atoms with Crippen LogP contribution >= 0.6 is 0 Å². The van der Waals surface area contributed by atoms with Gasteiger partial charge in [-0.3, -0.25) is 14.0 Å². The Hall–Kier alpha value is -3.28. The van der Waals surface area contributed by atoms with E-state index in [1.54, 1.807) is 0 Å². The van der Waals surface area contributed by atoms with Crippen LogP contribution in [0.1, 0.15) is 49.7 Å². The standard InChI is InChI=1S/C32H40N4O5S/c37-29-12-10-26(11-13-29)34-32(38)36(27-4-2-1-3-5-27)28-18-20-35(21-19-28)23-25-8-16-31(17-9-25)41-30-14-6-24(7-15-30)22-33-42(39)40/h1-9,14-17,26,28-29,33,37H,10-13,18-23H2,(H,34,38)(H,39,40)/p-1. The van der Waals surface area contributed by atoms with Crippen LogP contribution in [0.15, 0.2) is 78.9 Å². The van der Waals surface area contributed by atoms with E-state index in [1.165, 1.54) is 5.56 Å². The van der Waals surface area contributed by atoms with Crippen LogP contribution in [-0.2, 0) is 24.4 Å². The van der Waals surface area contributed by atoms with Gasteiger partial charge in [0, 0.05) is 55.2 Å². The Morgan fingerprint density at radius 2 is 1.48 bits per heavy atom. The maximum Gasteiger partial charge on any atom is 0.322 e. The van der Waals surface area contributed by atoms with E-state index in [9.17, 15) is 18.7 Å². The molecule has 1 unspecified atom stereocenters. The number of aliphatic hydroxyl groups is 1. The number of nitrogens with zero attached hydrogens (tertiary/aromatic N) is 2. The zero-order chi connectivity index (χ0) is 29.3. The Balaban J connectivity index is 1.13. The number of nitrogens with one attached hydrogen (secondary N) is 2. The molecule has 1 saturated heterocycles. The third-order valence-electron chi connectivity index (χ3n) is 8.08. The monoisotopic (exact) mass is 591 g/mol. The molecule has 0 spiro atoms. The van der Waals surface area contributed by atoms with E-state index < -0.39 is 11.3 Å². The molecule has 2 fully saturated rings. The summed E-state index contributed by atoms with van der Waals surface area (Å²) in [6.45, 7) is 2.87. The number of ether oxygens (including phenoxy) is 1. The first-order chi connectivity index (χ1) is 20.4. The molecule has 3 aromatic rings. The van der Waals surface area contributed by atoms with E-state index in [2.05, 4.69) is 27.1 Å². The van der Waals surface area contributed by atoms with Gasteiger partial charge in [0.25, 0.3) is 0 Å². The Bertz CT molecular complexity index is 1290. The highest BCUT2D eigenvalue weighted by Gasteiger charge is 2.31. The van der Waals surface area contributed by atoms with E-state index in [0.717, 1.165) is 75.2 Å². The summed E-state index contributed by atoms with van der Waals surface area (Å²) in [6.07, 6.45) is 4.64. The average Bonchev–Trinajstić information content (AvgIpc) is 3.00. The molecule has 1 aliphatic heterocycles. The van der Waals surface area contributed by atoms with E-state index in [4.69, 9.17) is 4.74 Å². The third kappa shape index (κ3) is 8.62. The second-order valence-electron chi connectivity index (χ2n) is 11.1. The molecular formula is C32H39N4O5S-. The van der Waals surface area contributed by atoms with Gasteiger partial charge in [0.1, 0.15) is 11.5 Å². The van der Waals surface area contributed by atoms with Gasteiger partial charge in [-0.05, 0) is 86.1 Å². The largest absolute Gasteiger partial charge is 0.760 e. The number of urea groups is 1. The summed E-state index contributed by atoms with van der Waals surface area (Å²) in [5, 5.41) is 13.1. The molecule has 3 N–H and O–H groups in total. The lowest BCUT2D eigenvalue weighted by molar-refractivity contribution is 0.117. The predicted octanol–water partition coefficient (Wildman–Crippen LogP) is 4.85. The summed E-state index contributed by atoms with van der Waals surface area (Å²) >= 11 is -2.28. The summed E-state index contributed by atoms with van der Waals surface area (Å²) in [4.78, 5) is 17.9. The highest BCUT2D eigenvalue weighted by molar-refractivity contribution is 7.77. The van der Waals surface area contributed by atoms with Crippen molar-refractivity contribution in [2.75, 3.05) is 18.0 Å². The molecule has 1 heterocycles. The van der Waals surface area contributed by atoms with E-state index in [0.29, 0.717) is 5.75 Å². The van der Waals surface area contributed by atoms with Crippen LogP contribution in [0.3, 0.4) is 0 Å². The molecule has 2 aliphatic rings. The number of aliphatic hydroxyl groups excluding tert-OH is 1. The minimum Gasteiger partial charge on any atom is -0.760 e. The fourth-order valence-electron chi connectivity index (χ4n) is 5.76. The van der Waals surface area contributed by atoms with Gasteiger partial charge in [-0.1, -0.05) is 42.5 Å². The molecule has 42 heavy (non-hydrogen) atoms. The van der Waals surface area contributed by atoms with Crippen LogP contribution in [0.5, 0.6) is 11.5 Å². The molecule has 1 saturated carbocycles. The average molecular weight is 592 g/mol. The van der Waals surface area contributed by atoms with Crippen LogP contribution in [0.2, 0.25) is 0 Å². The number of carbonyl (C=O) groups excluding carboxylic acids is 1. The molecule has 10 heteroatoms. The first kappa shape index (κ1) is 30.2. The zero-order valence-corrected chi connectivity index (χ0v) is 24.5. The van der Waals surface area contributed by atoms with Crippen molar-refractivity contribution in [3.63, 3.8) is 0 Å². The first-order valence-corrected chi connectivity index (χ1v) is 15.7. The SMILES string of the molecule is O=C(NC1CCC(O)CC1)N(c1ccccc1)C1CCN(Cc2ccc(Oc3ccc(CNS(=O)[O-])cc3)cc2)CC1. The van der Waals surface area contributed by atoms with Crippen LogP contribution < -0.4 is 19.7 Å². The second-order valence-corrected chi connectivity index (χ2v) is 11.9. The number of carbonyl (C=O) groups is 1. The molecule has 2 amide bonds. The number of hydrogen-bond donors (Lipinski definition) is 3. The molecule has 5 rings (SSSR count). The van der Waals surface area contributed by atoms with E-state index in [1.807, 2.05) is 71.6 Å². The summed E-state index contributed by atoms with van der Waals surface area (Å²) in [5.74, 6) is 1.42. The van der Waals surface area contributed by atoms with Crippen LogP contribution in [0.4, 0.5) is 10.5 Å². The maximum absolute atomic E-state index is 13.5. The molecule has 0 bridgehead atoms. The Kier molecular flexibility index (Phi) is 10.6. The minimum atomic E-state index is -2.28. The number of anilines is 1. The number of benzene rings is 3. The van der Waals surface area contributed by atoms with Gasteiger partial charge in [-0.15, -0.1) is 0 Å². The van der Waals surface area contributed by atoms with Crippen molar-refractivity contribution in [1.29, 1.82) is 0 Å². The molecule has 224 valence electrons. The van der Waals surface area contributed by atoms with Crippen molar-refractivity contribution in [1.82, 2.24) is 14.9 Å². The van der Waals surface area contributed by atoms with Crippen molar-refractivity contribution < 1.29 is 23.4 Å². The van der Waals surface area contributed by atoms with Crippen molar-refractivity contribution in [2.45, 2.75) is 69.8 Å².